The largest absolute Gasteiger partial charge is 0.497 e. The Morgan fingerprint density at radius 1 is 1.14 bits per heavy atom. The summed E-state index contributed by atoms with van der Waals surface area (Å²) in [5.74, 6) is 1.67. The predicted molar refractivity (Wildman–Crippen MR) is 113 cm³/mol. The zero-order chi connectivity index (χ0) is 20.1. The molecule has 28 heavy (non-hydrogen) atoms. The van der Waals surface area contributed by atoms with Crippen LogP contribution in [0.3, 0.4) is 0 Å². The number of benzene rings is 2. The molecule has 6 nitrogen and oxygen atoms in total. The molecule has 1 aliphatic rings. The van der Waals surface area contributed by atoms with E-state index in [9.17, 15) is 4.79 Å². The Balaban J connectivity index is 1.85. The van der Waals surface area contributed by atoms with Crippen molar-refractivity contribution in [3.05, 3.63) is 51.9 Å². The maximum absolute atomic E-state index is 12.3. The number of carbonyl (C=O) groups is 1. The van der Waals surface area contributed by atoms with Crippen LogP contribution in [0.25, 0.3) is 6.08 Å². The molecule has 0 atom stereocenters. The molecule has 0 radical (unpaired) electrons. The fraction of sp³-hybridized carbons (Fsp3) is 0.200. The smallest absolute Gasteiger partial charge is 0.264 e. The third-order valence-electron chi connectivity index (χ3n) is 3.81. The van der Waals surface area contributed by atoms with Gasteiger partial charge in [-0.1, -0.05) is 17.7 Å². The van der Waals surface area contributed by atoms with Crippen molar-refractivity contribution in [3.8, 4) is 17.2 Å². The van der Waals surface area contributed by atoms with E-state index < -0.39 is 0 Å². The van der Waals surface area contributed by atoms with Crippen molar-refractivity contribution in [1.82, 2.24) is 5.32 Å². The van der Waals surface area contributed by atoms with Crippen molar-refractivity contribution in [3.63, 3.8) is 0 Å². The molecule has 1 amide bonds. The summed E-state index contributed by atoms with van der Waals surface area (Å²) in [6.07, 6.45) is 1.77. The van der Waals surface area contributed by atoms with Gasteiger partial charge >= 0.3 is 0 Å². The molecule has 0 aliphatic carbocycles. The van der Waals surface area contributed by atoms with Crippen LogP contribution >= 0.6 is 23.4 Å². The molecular weight excluding hydrogens is 400 g/mol. The molecule has 8 heteroatoms. The van der Waals surface area contributed by atoms with Crippen LogP contribution in [0, 0.1) is 0 Å². The molecule has 1 aliphatic heterocycles. The van der Waals surface area contributed by atoms with E-state index in [1.807, 2.05) is 25.1 Å². The number of hydrogen-bond acceptors (Lipinski definition) is 6. The lowest BCUT2D eigenvalue weighted by atomic mass is 10.2. The Bertz CT molecular complexity index is 959. The van der Waals surface area contributed by atoms with E-state index in [4.69, 9.17) is 25.8 Å². The molecule has 0 spiro atoms. The Labute approximate surface area is 172 Å². The third kappa shape index (κ3) is 4.61. The minimum absolute atomic E-state index is 0.226. The lowest BCUT2D eigenvalue weighted by Gasteiger charge is -2.09. The maximum atomic E-state index is 12.3. The quantitative estimate of drug-likeness (QED) is 0.691. The normalized spacial score (nSPS) is 16.4. The highest BCUT2D eigenvalue weighted by molar-refractivity contribution is 8.18. The fourth-order valence-electron chi connectivity index (χ4n) is 2.50. The third-order valence-corrected chi connectivity index (χ3v) is 5.04. The van der Waals surface area contributed by atoms with E-state index in [1.165, 1.54) is 11.8 Å². The number of ether oxygens (including phenoxy) is 3. The topological polar surface area (TPSA) is 69.2 Å². The number of aliphatic imine (C=N–C) groups is 1. The van der Waals surface area contributed by atoms with Crippen molar-refractivity contribution in [2.75, 3.05) is 20.8 Å². The molecular formula is C20H19ClN2O4S. The van der Waals surface area contributed by atoms with Crippen LogP contribution in [0.15, 0.2) is 46.3 Å². The zero-order valence-electron chi connectivity index (χ0n) is 15.6. The van der Waals surface area contributed by atoms with Gasteiger partial charge in [0.2, 0.25) is 0 Å². The van der Waals surface area contributed by atoms with Crippen molar-refractivity contribution < 1.29 is 19.0 Å². The van der Waals surface area contributed by atoms with Gasteiger partial charge in [-0.3, -0.25) is 4.79 Å². The van der Waals surface area contributed by atoms with E-state index in [1.54, 1.807) is 38.5 Å². The number of thioether (sulfide) groups is 1. The van der Waals surface area contributed by atoms with E-state index in [2.05, 4.69) is 10.3 Å². The van der Waals surface area contributed by atoms with Gasteiger partial charge in [-0.05, 0) is 54.6 Å². The number of hydrogen-bond donors (Lipinski definition) is 1. The summed E-state index contributed by atoms with van der Waals surface area (Å²) in [7, 11) is 3.15. The molecule has 0 aromatic heterocycles. The average Bonchev–Trinajstić information content (AvgIpc) is 3.03. The Morgan fingerprint density at radius 3 is 2.68 bits per heavy atom. The molecule has 2 aromatic rings. The molecule has 2 aromatic carbocycles. The van der Waals surface area contributed by atoms with Gasteiger partial charge in [0.25, 0.3) is 5.91 Å². The van der Waals surface area contributed by atoms with Crippen molar-refractivity contribution in [1.29, 1.82) is 0 Å². The van der Waals surface area contributed by atoms with Gasteiger partial charge < -0.3 is 19.5 Å². The summed E-state index contributed by atoms with van der Waals surface area (Å²) in [6, 6.07) is 10.7. The van der Waals surface area contributed by atoms with Crippen LogP contribution in [0.1, 0.15) is 12.5 Å². The summed E-state index contributed by atoms with van der Waals surface area (Å²) in [5.41, 5.74) is 1.34. The standard InChI is InChI=1S/C20H19ClN2O4S/c1-4-27-16-8-5-12(9-17(16)26-3)10-18-19(24)23-20(28-18)22-15-11-13(25-2)6-7-14(15)21/h5-11H,4H2,1-3H3,(H,22,23,24). The van der Waals surface area contributed by atoms with Crippen molar-refractivity contribution in [2.24, 2.45) is 4.99 Å². The lowest BCUT2D eigenvalue weighted by Crippen LogP contribution is -2.19. The first-order valence-corrected chi connectivity index (χ1v) is 9.67. The predicted octanol–water partition coefficient (Wildman–Crippen LogP) is 4.65. The van der Waals surface area contributed by atoms with Gasteiger partial charge in [0.15, 0.2) is 16.7 Å². The molecule has 0 bridgehead atoms. The SMILES string of the molecule is CCOc1ccc(C=C2SC(=Nc3cc(OC)ccc3Cl)NC2=O)cc1OC. The van der Waals surface area contributed by atoms with E-state index in [-0.39, 0.29) is 5.91 Å². The number of nitrogens with one attached hydrogen (secondary N) is 1. The van der Waals surface area contributed by atoms with Gasteiger partial charge in [0.05, 0.1) is 36.4 Å². The molecule has 1 N–H and O–H groups in total. The number of amidine groups is 1. The minimum atomic E-state index is -0.226. The fourth-order valence-corrected chi connectivity index (χ4v) is 3.49. The Hall–Kier alpha value is -2.64. The zero-order valence-corrected chi connectivity index (χ0v) is 17.2. The first kappa shape index (κ1) is 20.1. The van der Waals surface area contributed by atoms with Crippen LogP contribution in [0.2, 0.25) is 5.02 Å². The van der Waals surface area contributed by atoms with Gasteiger partial charge in [0, 0.05) is 6.07 Å². The molecule has 1 saturated heterocycles. The number of rotatable bonds is 6. The number of carbonyl (C=O) groups excluding carboxylic acids is 1. The summed E-state index contributed by atoms with van der Waals surface area (Å²) < 4.78 is 16.1. The van der Waals surface area contributed by atoms with Gasteiger partial charge in [-0.2, -0.15) is 0 Å². The number of nitrogens with zero attached hydrogens (tertiary/aromatic N) is 1. The molecule has 1 heterocycles. The molecule has 0 saturated carbocycles. The van der Waals surface area contributed by atoms with Gasteiger partial charge in [-0.15, -0.1) is 0 Å². The second kappa shape index (κ2) is 9.03. The number of methoxy groups -OCH3 is 2. The van der Waals surface area contributed by atoms with Crippen LogP contribution in [0.4, 0.5) is 5.69 Å². The second-order valence-corrected chi connectivity index (χ2v) is 7.08. The first-order valence-electron chi connectivity index (χ1n) is 8.48. The summed E-state index contributed by atoms with van der Waals surface area (Å²) in [6.45, 7) is 2.45. The highest BCUT2D eigenvalue weighted by Gasteiger charge is 2.24. The van der Waals surface area contributed by atoms with Crippen LogP contribution in [-0.4, -0.2) is 31.9 Å². The Morgan fingerprint density at radius 2 is 1.96 bits per heavy atom. The van der Waals surface area contributed by atoms with Gasteiger partial charge in [0.1, 0.15) is 5.75 Å². The maximum Gasteiger partial charge on any atom is 0.264 e. The summed E-state index contributed by atoms with van der Waals surface area (Å²) >= 11 is 7.42. The van der Waals surface area contributed by atoms with Crippen LogP contribution in [0.5, 0.6) is 17.2 Å². The number of amides is 1. The van der Waals surface area contributed by atoms with E-state index in [0.29, 0.717) is 44.6 Å². The summed E-state index contributed by atoms with van der Waals surface area (Å²) in [5, 5.41) is 3.67. The molecule has 1 fully saturated rings. The van der Waals surface area contributed by atoms with E-state index >= 15 is 0 Å². The second-order valence-electron chi connectivity index (χ2n) is 5.64. The monoisotopic (exact) mass is 418 g/mol. The highest BCUT2D eigenvalue weighted by atomic mass is 35.5. The molecule has 146 valence electrons. The van der Waals surface area contributed by atoms with Crippen LogP contribution < -0.4 is 19.5 Å². The molecule has 0 unspecified atom stereocenters. The summed E-state index contributed by atoms with van der Waals surface area (Å²) in [4.78, 5) is 17.3. The minimum Gasteiger partial charge on any atom is -0.497 e. The Kier molecular flexibility index (Phi) is 6.49. The molecule has 3 rings (SSSR count). The van der Waals surface area contributed by atoms with Gasteiger partial charge in [-0.25, -0.2) is 4.99 Å². The van der Waals surface area contributed by atoms with Crippen molar-refractivity contribution in [2.45, 2.75) is 6.92 Å². The highest BCUT2D eigenvalue weighted by Crippen LogP contribution is 2.34. The first-order chi connectivity index (χ1) is 13.5. The number of halogens is 1. The lowest BCUT2D eigenvalue weighted by molar-refractivity contribution is -0.115. The average molecular weight is 419 g/mol. The van der Waals surface area contributed by atoms with Crippen molar-refractivity contribution >= 4 is 46.2 Å². The van der Waals surface area contributed by atoms with Crippen LogP contribution in [-0.2, 0) is 4.79 Å². The van der Waals surface area contributed by atoms with E-state index in [0.717, 1.165) is 5.56 Å².